The van der Waals surface area contributed by atoms with Gasteiger partial charge in [-0.25, -0.2) is 13.2 Å². The number of halogens is 4. The molecule has 0 aliphatic rings. The zero-order chi connectivity index (χ0) is 17.9. The molecule has 24 heavy (non-hydrogen) atoms. The summed E-state index contributed by atoms with van der Waals surface area (Å²) in [5, 5.41) is 12.6. The molecule has 1 amide bonds. The van der Waals surface area contributed by atoms with Crippen molar-refractivity contribution in [2.45, 2.75) is 0 Å². The maximum Gasteiger partial charge on any atom is 0.272 e. The van der Waals surface area contributed by atoms with Crippen LogP contribution in [0.1, 0.15) is 0 Å². The van der Waals surface area contributed by atoms with E-state index in [4.69, 9.17) is 4.74 Å². The third kappa shape index (κ3) is 4.22. The molecule has 0 atom stereocenters. The average Bonchev–Trinajstić information content (AvgIpc) is 2.49. The third-order valence-corrected chi connectivity index (χ3v) is 3.38. The average molecular weight is 405 g/mol. The lowest BCUT2D eigenvalue weighted by Crippen LogP contribution is -2.21. The second-order valence-corrected chi connectivity index (χ2v) is 5.31. The topological polar surface area (TPSA) is 81.5 Å². The third-order valence-electron chi connectivity index (χ3n) is 2.76. The van der Waals surface area contributed by atoms with Crippen molar-refractivity contribution in [3.8, 4) is 5.75 Å². The number of carbonyl (C=O) groups is 1. The van der Waals surface area contributed by atoms with Gasteiger partial charge >= 0.3 is 0 Å². The fourth-order valence-electron chi connectivity index (χ4n) is 1.70. The van der Waals surface area contributed by atoms with Gasteiger partial charge < -0.3 is 10.1 Å². The molecule has 0 unspecified atom stereocenters. The summed E-state index contributed by atoms with van der Waals surface area (Å²) >= 11 is 2.90. The molecule has 0 bridgehead atoms. The van der Waals surface area contributed by atoms with Crippen LogP contribution >= 0.6 is 15.9 Å². The summed E-state index contributed by atoms with van der Waals surface area (Å²) < 4.78 is 45.0. The van der Waals surface area contributed by atoms with Crippen molar-refractivity contribution in [2.75, 3.05) is 11.9 Å². The largest absolute Gasteiger partial charge is 0.481 e. The van der Waals surface area contributed by atoms with Crippen molar-refractivity contribution < 1.29 is 27.6 Å². The van der Waals surface area contributed by atoms with Gasteiger partial charge in [0.1, 0.15) is 5.82 Å². The molecule has 126 valence electrons. The second-order valence-electron chi connectivity index (χ2n) is 4.45. The smallest absolute Gasteiger partial charge is 0.272 e. The van der Waals surface area contributed by atoms with E-state index in [1.54, 1.807) is 0 Å². The number of nitrogens with one attached hydrogen (secondary N) is 1. The quantitative estimate of drug-likeness (QED) is 0.606. The number of ether oxygens (including phenoxy) is 1. The Morgan fingerprint density at radius 2 is 1.92 bits per heavy atom. The summed E-state index contributed by atoms with van der Waals surface area (Å²) in [7, 11) is 0. The molecule has 2 aromatic carbocycles. The first-order chi connectivity index (χ1) is 11.3. The first kappa shape index (κ1) is 17.7. The van der Waals surface area contributed by atoms with Gasteiger partial charge in [-0.3, -0.25) is 14.9 Å². The minimum absolute atomic E-state index is 0.0186. The summed E-state index contributed by atoms with van der Waals surface area (Å²) in [5.74, 6) is -4.07. The van der Waals surface area contributed by atoms with Gasteiger partial charge in [-0.05, 0) is 28.1 Å². The molecular formula is C14H8BrF3N2O4. The predicted molar refractivity (Wildman–Crippen MR) is 81.2 cm³/mol. The van der Waals surface area contributed by atoms with E-state index in [0.717, 1.165) is 18.2 Å². The van der Waals surface area contributed by atoms with Gasteiger partial charge in [-0.15, -0.1) is 0 Å². The molecule has 0 aliphatic heterocycles. The van der Waals surface area contributed by atoms with Gasteiger partial charge in [0.25, 0.3) is 11.6 Å². The molecule has 0 radical (unpaired) electrons. The van der Waals surface area contributed by atoms with Crippen LogP contribution < -0.4 is 10.1 Å². The van der Waals surface area contributed by atoms with Gasteiger partial charge in [0, 0.05) is 16.6 Å². The van der Waals surface area contributed by atoms with Gasteiger partial charge in [0.2, 0.25) is 0 Å². The second kappa shape index (κ2) is 7.30. The van der Waals surface area contributed by atoms with E-state index < -0.39 is 40.6 Å². The van der Waals surface area contributed by atoms with E-state index in [2.05, 4.69) is 21.2 Å². The van der Waals surface area contributed by atoms with E-state index >= 15 is 0 Å². The normalized spacial score (nSPS) is 10.3. The molecule has 0 aliphatic carbocycles. The molecule has 0 saturated heterocycles. The summed E-state index contributed by atoms with van der Waals surface area (Å²) in [6.07, 6.45) is 0. The standard InChI is InChI=1S/C14H8BrF3N2O4/c15-9-3-7(16)4-11(18)14(9)19-13(21)6-24-12-2-1-8(20(22)23)5-10(12)17/h1-5H,6H2,(H,19,21). The molecule has 2 rings (SSSR count). The highest BCUT2D eigenvalue weighted by molar-refractivity contribution is 9.10. The zero-order valence-corrected chi connectivity index (χ0v) is 13.3. The van der Waals surface area contributed by atoms with Crippen LogP contribution in [0.4, 0.5) is 24.5 Å². The van der Waals surface area contributed by atoms with E-state index in [0.29, 0.717) is 12.1 Å². The number of hydrogen-bond acceptors (Lipinski definition) is 4. The maximum atomic E-state index is 13.6. The Bertz CT molecular complexity index is 794. The molecule has 0 aromatic heterocycles. The number of non-ortho nitro benzene ring substituents is 1. The molecule has 0 heterocycles. The van der Waals surface area contributed by atoms with Crippen LogP contribution in [-0.2, 0) is 4.79 Å². The highest BCUT2D eigenvalue weighted by Gasteiger charge is 2.15. The van der Waals surface area contributed by atoms with Crippen LogP contribution in [0.2, 0.25) is 0 Å². The molecule has 6 nitrogen and oxygen atoms in total. The maximum absolute atomic E-state index is 13.6. The van der Waals surface area contributed by atoms with E-state index in [1.165, 1.54) is 0 Å². The summed E-state index contributed by atoms with van der Waals surface area (Å²) in [5.41, 5.74) is -0.768. The minimum atomic E-state index is -1.02. The lowest BCUT2D eigenvalue weighted by atomic mass is 10.3. The van der Waals surface area contributed by atoms with E-state index in [1.807, 2.05) is 0 Å². The first-order valence-electron chi connectivity index (χ1n) is 6.29. The molecule has 2 aromatic rings. The Morgan fingerprint density at radius 1 is 1.21 bits per heavy atom. The van der Waals surface area contributed by atoms with Crippen molar-refractivity contribution >= 4 is 33.2 Å². The Hall–Kier alpha value is -2.62. The SMILES string of the molecule is O=C(COc1ccc([N+](=O)[O-])cc1F)Nc1c(F)cc(F)cc1Br. The number of nitrogens with zero attached hydrogens (tertiary/aromatic N) is 1. The van der Waals surface area contributed by atoms with Crippen molar-refractivity contribution in [1.29, 1.82) is 0 Å². The summed E-state index contributed by atoms with van der Waals surface area (Å²) in [6, 6.07) is 4.18. The lowest BCUT2D eigenvalue weighted by Gasteiger charge is -2.10. The van der Waals surface area contributed by atoms with Crippen molar-refractivity contribution in [1.82, 2.24) is 0 Å². The number of nitro benzene ring substituents is 1. The Labute approximate surface area is 141 Å². The number of nitro groups is 1. The van der Waals surface area contributed by atoms with Gasteiger partial charge in [-0.2, -0.15) is 0 Å². The first-order valence-corrected chi connectivity index (χ1v) is 7.08. The number of benzene rings is 2. The number of carbonyl (C=O) groups excluding carboxylic acids is 1. The predicted octanol–water partition coefficient (Wildman–Crippen LogP) is 3.79. The number of anilines is 1. The monoisotopic (exact) mass is 404 g/mol. The van der Waals surface area contributed by atoms with Crippen molar-refractivity contribution in [2.24, 2.45) is 0 Å². The van der Waals surface area contributed by atoms with Crippen LogP contribution in [0.25, 0.3) is 0 Å². The fourth-order valence-corrected chi connectivity index (χ4v) is 2.21. The molecule has 1 N–H and O–H groups in total. The van der Waals surface area contributed by atoms with E-state index in [-0.39, 0.29) is 15.9 Å². The number of hydrogen-bond donors (Lipinski definition) is 1. The van der Waals surface area contributed by atoms with E-state index in [9.17, 15) is 28.1 Å². The fraction of sp³-hybridized carbons (Fsp3) is 0.0714. The zero-order valence-electron chi connectivity index (χ0n) is 11.7. The van der Waals surface area contributed by atoms with Crippen LogP contribution in [0, 0.1) is 27.6 Å². The highest BCUT2D eigenvalue weighted by Crippen LogP contribution is 2.27. The number of rotatable bonds is 5. The van der Waals surface area contributed by atoms with Gasteiger partial charge in [-0.1, -0.05) is 0 Å². The van der Waals surface area contributed by atoms with Gasteiger partial charge in [0.15, 0.2) is 24.0 Å². The molecule has 0 fully saturated rings. The summed E-state index contributed by atoms with van der Waals surface area (Å²) in [4.78, 5) is 21.4. The van der Waals surface area contributed by atoms with Crippen LogP contribution in [0.3, 0.4) is 0 Å². The molecule has 0 saturated carbocycles. The number of amides is 1. The molecule has 0 spiro atoms. The molecule has 10 heteroatoms. The van der Waals surface area contributed by atoms with Crippen LogP contribution in [0.5, 0.6) is 5.75 Å². The Morgan fingerprint density at radius 3 is 2.50 bits per heavy atom. The Balaban J connectivity index is 2.03. The minimum Gasteiger partial charge on any atom is -0.481 e. The summed E-state index contributed by atoms with van der Waals surface area (Å²) in [6.45, 7) is -0.683. The highest BCUT2D eigenvalue weighted by atomic mass is 79.9. The van der Waals surface area contributed by atoms with Crippen LogP contribution in [-0.4, -0.2) is 17.4 Å². The lowest BCUT2D eigenvalue weighted by molar-refractivity contribution is -0.385. The van der Waals surface area contributed by atoms with Crippen molar-refractivity contribution in [3.05, 3.63) is 62.4 Å². The van der Waals surface area contributed by atoms with Gasteiger partial charge in [0.05, 0.1) is 16.7 Å². The van der Waals surface area contributed by atoms with Crippen LogP contribution in [0.15, 0.2) is 34.8 Å². The van der Waals surface area contributed by atoms with Crippen molar-refractivity contribution in [3.63, 3.8) is 0 Å². The Kier molecular flexibility index (Phi) is 5.39. The molecular weight excluding hydrogens is 397 g/mol.